The smallest absolute Gasteiger partial charge is 0.148 e. The Bertz CT molecular complexity index is 646. The largest absolute Gasteiger partial charge is 0.313 e. The van der Waals surface area contributed by atoms with Gasteiger partial charge in [0, 0.05) is 17.0 Å². The molecule has 0 amide bonds. The van der Waals surface area contributed by atoms with Crippen molar-refractivity contribution in [3.8, 4) is 0 Å². The Hall–Kier alpha value is -0.910. The fourth-order valence-corrected chi connectivity index (χ4v) is 4.22. The van der Waals surface area contributed by atoms with Gasteiger partial charge in [-0.05, 0) is 42.3 Å². The molecule has 1 N–H and O–H groups in total. The van der Waals surface area contributed by atoms with Crippen LogP contribution in [0.2, 0.25) is 0 Å². The Morgan fingerprint density at radius 2 is 2.05 bits per heavy atom. The van der Waals surface area contributed by atoms with Crippen LogP contribution in [0.4, 0.5) is 0 Å². The molecule has 0 aliphatic rings. The highest BCUT2D eigenvalue weighted by Gasteiger charge is 2.10. The molecule has 104 valence electrons. The third-order valence-electron chi connectivity index (χ3n) is 3.00. The molecule has 0 aliphatic heterocycles. The Kier molecular flexibility index (Phi) is 4.60. The highest BCUT2D eigenvalue weighted by Crippen LogP contribution is 2.25. The average molecular weight is 297 g/mol. The average Bonchev–Trinajstić information content (AvgIpc) is 2.70. The van der Waals surface area contributed by atoms with E-state index in [1.54, 1.807) is 11.3 Å². The molecular weight excluding hydrogens is 278 g/mol. The Morgan fingerprint density at radius 1 is 1.32 bits per heavy atom. The minimum atomic E-state index is -2.90. The predicted octanol–water partition coefficient (Wildman–Crippen LogP) is 2.47. The molecule has 0 saturated carbocycles. The molecule has 0 spiro atoms. The number of sulfone groups is 1. The van der Waals surface area contributed by atoms with Crippen LogP contribution in [0, 0.1) is 0 Å². The third kappa shape index (κ3) is 4.30. The lowest BCUT2D eigenvalue weighted by molar-refractivity contribution is 0.562. The number of benzene rings is 1. The zero-order chi connectivity index (χ0) is 13.9. The van der Waals surface area contributed by atoms with E-state index in [-0.39, 0.29) is 11.8 Å². The summed E-state index contributed by atoms with van der Waals surface area (Å²) in [5.41, 5.74) is 1.33. The molecule has 1 aromatic heterocycles. The Balaban J connectivity index is 1.89. The van der Waals surface area contributed by atoms with Crippen molar-refractivity contribution < 1.29 is 8.42 Å². The zero-order valence-corrected chi connectivity index (χ0v) is 12.9. The second-order valence-electron chi connectivity index (χ2n) is 4.95. The highest BCUT2D eigenvalue weighted by atomic mass is 32.2. The van der Waals surface area contributed by atoms with E-state index in [9.17, 15) is 8.42 Å². The van der Waals surface area contributed by atoms with Crippen LogP contribution < -0.4 is 5.32 Å². The standard InChI is InChI=1S/C14H19NO2S2/c1-11(10-19(2,16)17)15-8-7-12-9-18-14-6-4-3-5-13(12)14/h3-6,9,11,15H,7-8,10H2,1-2H3/t11-/m1/s1. The molecular formula is C14H19NO2S2. The van der Waals surface area contributed by atoms with Crippen molar-refractivity contribution in [2.75, 3.05) is 18.6 Å². The van der Waals surface area contributed by atoms with Gasteiger partial charge in [0.05, 0.1) is 5.75 Å². The molecule has 19 heavy (non-hydrogen) atoms. The molecule has 1 atom stereocenters. The maximum Gasteiger partial charge on any atom is 0.148 e. The first-order valence-corrected chi connectivity index (χ1v) is 9.26. The van der Waals surface area contributed by atoms with Crippen LogP contribution in [-0.2, 0) is 16.3 Å². The van der Waals surface area contributed by atoms with E-state index in [1.807, 2.05) is 6.92 Å². The van der Waals surface area contributed by atoms with E-state index < -0.39 is 9.84 Å². The van der Waals surface area contributed by atoms with Gasteiger partial charge in [-0.1, -0.05) is 18.2 Å². The molecule has 2 aromatic rings. The van der Waals surface area contributed by atoms with Crippen molar-refractivity contribution in [1.29, 1.82) is 0 Å². The number of thiophene rings is 1. The summed E-state index contributed by atoms with van der Waals surface area (Å²) in [4.78, 5) is 0. The lowest BCUT2D eigenvalue weighted by Gasteiger charge is -2.12. The lowest BCUT2D eigenvalue weighted by Crippen LogP contribution is -2.34. The Labute approximate surface area is 118 Å². The quantitative estimate of drug-likeness (QED) is 0.891. The lowest BCUT2D eigenvalue weighted by atomic mass is 10.1. The normalized spacial score (nSPS) is 13.8. The van der Waals surface area contributed by atoms with Gasteiger partial charge in [-0.25, -0.2) is 8.42 Å². The van der Waals surface area contributed by atoms with E-state index in [0.29, 0.717) is 0 Å². The van der Waals surface area contributed by atoms with Crippen molar-refractivity contribution in [3.05, 3.63) is 35.2 Å². The first kappa shape index (κ1) is 14.5. The molecule has 1 aromatic carbocycles. The van der Waals surface area contributed by atoms with Crippen molar-refractivity contribution in [2.45, 2.75) is 19.4 Å². The van der Waals surface area contributed by atoms with E-state index in [0.717, 1.165) is 13.0 Å². The van der Waals surface area contributed by atoms with Gasteiger partial charge in [0.2, 0.25) is 0 Å². The summed E-state index contributed by atoms with van der Waals surface area (Å²) in [5, 5.41) is 6.77. The van der Waals surface area contributed by atoms with Crippen LogP contribution in [0.5, 0.6) is 0 Å². The first-order chi connectivity index (χ1) is 8.96. The monoisotopic (exact) mass is 297 g/mol. The molecule has 0 aliphatic carbocycles. The maximum atomic E-state index is 11.2. The van der Waals surface area contributed by atoms with Crippen LogP contribution in [0.3, 0.4) is 0 Å². The summed E-state index contributed by atoms with van der Waals surface area (Å²) < 4.78 is 23.6. The van der Waals surface area contributed by atoms with Crippen molar-refractivity contribution in [2.24, 2.45) is 0 Å². The van der Waals surface area contributed by atoms with Gasteiger partial charge in [-0.2, -0.15) is 0 Å². The van der Waals surface area contributed by atoms with Gasteiger partial charge < -0.3 is 5.32 Å². The van der Waals surface area contributed by atoms with Crippen molar-refractivity contribution in [1.82, 2.24) is 5.32 Å². The third-order valence-corrected chi connectivity index (χ3v) is 5.12. The van der Waals surface area contributed by atoms with E-state index in [1.165, 1.54) is 21.9 Å². The molecule has 2 rings (SSSR count). The summed E-state index contributed by atoms with van der Waals surface area (Å²) in [5.74, 6) is 0.192. The molecule has 0 bridgehead atoms. The van der Waals surface area contributed by atoms with Gasteiger partial charge in [0.1, 0.15) is 9.84 Å². The number of rotatable bonds is 6. The first-order valence-electron chi connectivity index (χ1n) is 6.32. The Morgan fingerprint density at radius 3 is 2.79 bits per heavy atom. The maximum absolute atomic E-state index is 11.2. The van der Waals surface area contributed by atoms with E-state index >= 15 is 0 Å². The molecule has 0 saturated heterocycles. The predicted molar refractivity (Wildman–Crippen MR) is 82.7 cm³/mol. The number of hydrogen-bond donors (Lipinski definition) is 1. The van der Waals surface area contributed by atoms with E-state index in [2.05, 4.69) is 35.0 Å². The summed E-state index contributed by atoms with van der Waals surface area (Å²) in [6, 6.07) is 8.37. The summed E-state index contributed by atoms with van der Waals surface area (Å²) in [6.07, 6.45) is 2.20. The van der Waals surface area contributed by atoms with Gasteiger partial charge >= 0.3 is 0 Å². The molecule has 3 nitrogen and oxygen atoms in total. The SMILES string of the molecule is C[C@H](CS(C)(=O)=O)NCCc1csc2ccccc12. The van der Waals surface area contributed by atoms with Crippen LogP contribution in [-0.4, -0.2) is 33.0 Å². The molecule has 5 heteroatoms. The summed E-state index contributed by atoms with van der Waals surface area (Å²) >= 11 is 1.76. The molecule has 1 heterocycles. The number of hydrogen-bond acceptors (Lipinski definition) is 4. The van der Waals surface area contributed by atoms with Crippen molar-refractivity contribution >= 4 is 31.3 Å². The fraction of sp³-hybridized carbons (Fsp3) is 0.429. The summed E-state index contributed by atoms with van der Waals surface area (Å²) in [6.45, 7) is 2.71. The molecule has 0 unspecified atom stereocenters. The van der Waals surface area contributed by atoms with Crippen molar-refractivity contribution in [3.63, 3.8) is 0 Å². The van der Waals surface area contributed by atoms with Gasteiger partial charge in [-0.3, -0.25) is 0 Å². The topological polar surface area (TPSA) is 46.2 Å². The van der Waals surface area contributed by atoms with Gasteiger partial charge in [-0.15, -0.1) is 11.3 Å². The van der Waals surface area contributed by atoms with E-state index in [4.69, 9.17) is 0 Å². The van der Waals surface area contributed by atoms with Gasteiger partial charge in [0.15, 0.2) is 0 Å². The minimum Gasteiger partial charge on any atom is -0.313 e. The van der Waals surface area contributed by atoms with Gasteiger partial charge in [0.25, 0.3) is 0 Å². The summed E-state index contributed by atoms with van der Waals surface area (Å²) in [7, 11) is -2.90. The van der Waals surface area contributed by atoms with Crippen LogP contribution in [0.15, 0.2) is 29.6 Å². The second kappa shape index (κ2) is 6.03. The zero-order valence-electron chi connectivity index (χ0n) is 11.2. The molecule has 0 fully saturated rings. The molecule has 0 radical (unpaired) electrons. The highest BCUT2D eigenvalue weighted by molar-refractivity contribution is 7.90. The second-order valence-corrected chi connectivity index (χ2v) is 8.05. The number of nitrogens with one attached hydrogen (secondary N) is 1. The minimum absolute atomic E-state index is 0.0000927. The van der Waals surface area contributed by atoms with Crippen LogP contribution in [0.25, 0.3) is 10.1 Å². The van der Waals surface area contributed by atoms with Crippen LogP contribution >= 0.6 is 11.3 Å². The fourth-order valence-electron chi connectivity index (χ4n) is 2.19. The van der Waals surface area contributed by atoms with Crippen LogP contribution in [0.1, 0.15) is 12.5 Å². The number of fused-ring (bicyclic) bond motifs is 1.